The van der Waals surface area contributed by atoms with Crippen LogP contribution in [0.1, 0.15) is 20.3 Å². The molecule has 0 bridgehead atoms. The van der Waals surface area contributed by atoms with Crippen LogP contribution in [0.3, 0.4) is 0 Å². The number of rotatable bonds is 3. The highest BCUT2D eigenvalue weighted by atomic mass is 28.1. The van der Waals surface area contributed by atoms with E-state index >= 15 is 0 Å². The first-order chi connectivity index (χ1) is 4.54. The van der Waals surface area contributed by atoms with Crippen molar-refractivity contribution >= 4 is 10.2 Å². The zero-order chi connectivity index (χ0) is 8.15. The fourth-order valence-corrected chi connectivity index (χ4v) is 0.891. The molecule has 0 unspecified atom stereocenters. The molecular formula is C8H19NSi. The van der Waals surface area contributed by atoms with Crippen LogP contribution in [0.2, 0.25) is 0 Å². The van der Waals surface area contributed by atoms with Crippen LogP contribution < -0.4 is 0 Å². The molecule has 0 heterocycles. The summed E-state index contributed by atoms with van der Waals surface area (Å²) in [6, 6.07) is 0. The van der Waals surface area contributed by atoms with Gasteiger partial charge in [0.15, 0.2) is 0 Å². The first-order valence-electron chi connectivity index (χ1n) is 3.81. The van der Waals surface area contributed by atoms with Crippen molar-refractivity contribution in [2.24, 2.45) is 0 Å². The van der Waals surface area contributed by atoms with Gasteiger partial charge in [-0.05, 0) is 34.4 Å². The molecule has 0 aromatic heterocycles. The Labute approximate surface area is 67.5 Å². The highest BCUT2D eigenvalue weighted by Gasteiger charge is 1.93. The number of hydrogen-bond acceptors (Lipinski definition) is 1. The molecule has 0 aliphatic rings. The Morgan fingerprint density at radius 3 is 2.10 bits per heavy atom. The van der Waals surface area contributed by atoms with Crippen LogP contribution in [0.4, 0.5) is 0 Å². The van der Waals surface area contributed by atoms with Crippen molar-refractivity contribution in [1.29, 1.82) is 0 Å². The van der Waals surface area contributed by atoms with Crippen molar-refractivity contribution in [1.82, 2.24) is 4.90 Å². The minimum atomic E-state index is 1.19. The third-order valence-electron chi connectivity index (χ3n) is 1.79. The molecule has 60 valence electrons. The average molecular weight is 157 g/mol. The SMILES string of the molecule is CC([SiH3])=C(C)CCN(C)C. The van der Waals surface area contributed by atoms with E-state index in [1.807, 2.05) is 0 Å². The van der Waals surface area contributed by atoms with Crippen LogP contribution >= 0.6 is 0 Å². The number of hydrogen-bond donors (Lipinski definition) is 0. The average Bonchev–Trinajstić information content (AvgIpc) is 1.82. The van der Waals surface area contributed by atoms with Crippen LogP contribution in [-0.4, -0.2) is 35.8 Å². The van der Waals surface area contributed by atoms with E-state index in [4.69, 9.17) is 0 Å². The summed E-state index contributed by atoms with van der Waals surface area (Å²) in [6.07, 6.45) is 1.24. The third kappa shape index (κ3) is 4.76. The van der Waals surface area contributed by atoms with Crippen molar-refractivity contribution in [2.45, 2.75) is 20.3 Å². The maximum absolute atomic E-state index is 2.24. The van der Waals surface area contributed by atoms with Gasteiger partial charge < -0.3 is 4.90 Å². The second-order valence-corrected chi connectivity index (χ2v) is 4.83. The third-order valence-corrected chi connectivity index (χ3v) is 2.64. The fraction of sp³-hybridized carbons (Fsp3) is 0.750. The minimum Gasteiger partial charge on any atom is -0.309 e. The molecule has 0 aromatic carbocycles. The maximum Gasteiger partial charge on any atom is 0.0328 e. The Morgan fingerprint density at radius 1 is 1.30 bits per heavy atom. The predicted octanol–water partition coefficient (Wildman–Crippen LogP) is 0.597. The van der Waals surface area contributed by atoms with E-state index in [0.29, 0.717) is 0 Å². The van der Waals surface area contributed by atoms with Gasteiger partial charge >= 0.3 is 0 Å². The lowest BCUT2D eigenvalue weighted by atomic mass is 10.2. The van der Waals surface area contributed by atoms with Crippen molar-refractivity contribution in [2.75, 3.05) is 20.6 Å². The molecule has 0 aliphatic carbocycles. The second-order valence-electron chi connectivity index (χ2n) is 3.33. The van der Waals surface area contributed by atoms with Gasteiger partial charge in [0.25, 0.3) is 0 Å². The molecule has 0 rings (SSSR count). The van der Waals surface area contributed by atoms with Gasteiger partial charge in [-0.1, -0.05) is 10.8 Å². The molecule has 0 aromatic rings. The summed E-state index contributed by atoms with van der Waals surface area (Å²) < 4.78 is 0. The van der Waals surface area contributed by atoms with Crippen LogP contribution in [0.5, 0.6) is 0 Å². The summed E-state index contributed by atoms with van der Waals surface area (Å²) in [5, 5.41) is 1.60. The Bertz CT molecular complexity index is 123. The van der Waals surface area contributed by atoms with Crippen molar-refractivity contribution in [3.8, 4) is 0 Å². The molecule has 0 saturated carbocycles. The molecule has 2 heteroatoms. The predicted molar refractivity (Wildman–Crippen MR) is 51.5 cm³/mol. The Hall–Kier alpha value is -0.0831. The Balaban J connectivity index is 3.60. The highest BCUT2D eigenvalue weighted by molar-refractivity contribution is 6.21. The lowest BCUT2D eigenvalue weighted by Crippen LogP contribution is -2.13. The molecule has 10 heavy (non-hydrogen) atoms. The van der Waals surface area contributed by atoms with E-state index in [1.54, 1.807) is 10.8 Å². The summed E-state index contributed by atoms with van der Waals surface area (Å²) >= 11 is 0. The number of allylic oxidation sites excluding steroid dienone is 1. The summed E-state index contributed by atoms with van der Waals surface area (Å²) in [5.41, 5.74) is 1.58. The molecule has 0 atom stereocenters. The van der Waals surface area contributed by atoms with E-state index in [2.05, 4.69) is 32.8 Å². The Morgan fingerprint density at radius 2 is 1.80 bits per heavy atom. The molecule has 0 fully saturated rings. The first kappa shape index (κ1) is 9.92. The lowest BCUT2D eigenvalue weighted by Gasteiger charge is -2.10. The van der Waals surface area contributed by atoms with Crippen LogP contribution in [0.25, 0.3) is 0 Å². The largest absolute Gasteiger partial charge is 0.309 e. The van der Waals surface area contributed by atoms with E-state index in [1.165, 1.54) is 23.2 Å². The van der Waals surface area contributed by atoms with Gasteiger partial charge in [0.2, 0.25) is 0 Å². The van der Waals surface area contributed by atoms with Gasteiger partial charge in [-0.25, -0.2) is 0 Å². The van der Waals surface area contributed by atoms with Gasteiger partial charge in [-0.3, -0.25) is 0 Å². The second kappa shape index (κ2) is 4.69. The molecule has 0 spiro atoms. The normalized spacial score (nSPS) is 14.1. The molecule has 1 nitrogen and oxygen atoms in total. The molecule has 0 amide bonds. The highest BCUT2D eigenvalue weighted by Crippen LogP contribution is 2.03. The van der Waals surface area contributed by atoms with Gasteiger partial charge in [0.05, 0.1) is 0 Å². The van der Waals surface area contributed by atoms with Gasteiger partial charge in [-0.2, -0.15) is 0 Å². The summed E-state index contributed by atoms with van der Waals surface area (Å²) in [5.74, 6) is 0. The summed E-state index contributed by atoms with van der Waals surface area (Å²) in [4.78, 5) is 2.23. The van der Waals surface area contributed by atoms with E-state index in [-0.39, 0.29) is 0 Å². The zero-order valence-electron chi connectivity index (χ0n) is 7.86. The summed E-state index contributed by atoms with van der Waals surface area (Å²) in [6.45, 7) is 5.66. The Kier molecular flexibility index (Phi) is 4.65. The standard InChI is InChI=1S/C8H19NSi/c1-7(8(2)10)5-6-9(3)4/h5-6H2,1-4,10H3. The van der Waals surface area contributed by atoms with Gasteiger partial charge in [-0.15, -0.1) is 0 Å². The molecule has 0 saturated heterocycles. The van der Waals surface area contributed by atoms with Crippen molar-refractivity contribution in [3.63, 3.8) is 0 Å². The lowest BCUT2D eigenvalue weighted by molar-refractivity contribution is 0.413. The molecule has 0 aliphatic heterocycles. The topological polar surface area (TPSA) is 3.24 Å². The van der Waals surface area contributed by atoms with Crippen LogP contribution in [0.15, 0.2) is 10.8 Å². The minimum absolute atomic E-state index is 1.19. The maximum atomic E-state index is 2.24. The molecular weight excluding hydrogens is 138 g/mol. The van der Waals surface area contributed by atoms with Crippen LogP contribution in [0, 0.1) is 0 Å². The quantitative estimate of drug-likeness (QED) is 0.542. The monoisotopic (exact) mass is 157 g/mol. The first-order valence-corrected chi connectivity index (χ1v) is 4.81. The zero-order valence-corrected chi connectivity index (χ0v) is 9.86. The molecule has 0 radical (unpaired) electrons. The van der Waals surface area contributed by atoms with E-state index in [0.717, 1.165) is 0 Å². The summed E-state index contributed by atoms with van der Waals surface area (Å²) in [7, 11) is 5.47. The smallest absolute Gasteiger partial charge is 0.0328 e. The van der Waals surface area contributed by atoms with E-state index < -0.39 is 0 Å². The number of nitrogens with zero attached hydrogens (tertiary/aromatic N) is 1. The van der Waals surface area contributed by atoms with Crippen LogP contribution in [-0.2, 0) is 0 Å². The van der Waals surface area contributed by atoms with E-state index in [9.17, 15) is 0 Å². The van der Waals surface area contributed by atoms with Gasteiger partial charge in [0, 0.05) is 16.8 Å². The molecule has 0 N–H and O–H groups in total. The van der Waals surface area contributed by atoms with Crippen molar-refractivity contribution < 1.29 is 0 Å². The van der Waals surface area contributed by atoms with Gasteiger partial charge in [0.1, 0.15) is 0 Å². The van der Waals surface area contributed by atoms with Crippen molar-refractivity contribution in [3.05, 3.63) is 10.8 Å². The fourth-order valence-electron chi connectivity index (χ4n) is 0.641.